The standard InChI is InChI=1S/C16H14BrFO3/c1-20-12-5-6-16(21-2)13(9-12)15(19)7-10-3-4-11(18)8-14(10)17/h3-6,8-9H,7H2,1-2H3. The Hall–Kier alpha value is -1.88. The number of methoxy groups -OCH3 is 2. The van der Waals surface area contributed by atoms with Crippen LogP contribution >= 0.6 is 15.9 Å². The first kappa shape index (κ1) is 15.5. The van der Waals surface area contributed by atoms with Crippen LogP contribution in [0, 0.1) is 5.82 Å². The molecule has 0 radical (unpaired) electrons. The molecule has 0 saturated heterocycles. The summed E-state index contributed by atoms with van der Waals surface area (Å²) in [7, 11) is 3.04. The lowest BCUT2D eigenvalue weighted by Crippen LogP contribution is -2.07. The molecule has 2 aromatic rings. The largest absolute Gasteiger partial charge is 0.497 e. The Morgan fingerprint density at radius 2 is 1.90 bits per heavy atom. The van der Waals surface area contributed by atoms with E-state index in [1.807, 2.05) is 0 Å². The number of hydrogen-bond acceptors (Lipinski definition) is 3. The lowest BCUT2D eigenvalue weighted by molar-refractivity contribution is 0.0989. The highest BCUT2D eigenvalue weighted by molar-refractivity contribution is 9.10. The summed E-state index contributed by atoms with van der Waals surface area (Å²) in [5, 5.41) is 0. The first-order valence-corrected chi connectivity index (χ1v) is 7.03. The Morgan fingerprint density at radius 1 is 1.14 bits per heavy atom. The predicted molar refractivity (Wildman–Crippen MR) is 81.7 cm³/mol. The molecule has 0 aliphatic heterocycles. The van der Waals surface area contributed by atoms with Gasteiger partial charge in [-0.05, 0) is 35.9 Å². The van der Waals surface area contributed by atoms with Crippen molar-refractivity contribution in [3.05, 3.63) is 57.8 Å². The third-order valence-corrected chi connectivity index (χ3v) is 3.81. The van der Waals surface area contributed by atoms with Crippen LogP contribution in [0.15, 0.2) is 40.9 Å². The molecule has 110 valence electrons. The smallest absolute Gasteiger partial charge is 0.171 e. The van der Waals surface area contributed by atoms with E-state index in [1.165, 1.54) is 26.4 Å². The number of carbonyl (C=O) groups is 1. The Kier molecular flexibility index (Phi) is 4.96. The van der Waals surface area contributed by atoms with Gasteiger partial charge in [0.05, 0.1) is 19.8 Å². The minimum Gasteiger partial charge on any atom is -0.497 e. The number of hydrogen-bond donors (Lipinski definition) is 0. The van der Waals surface area contributed by atoms with Gasteiger partial charge in [-0.2, -0.15) is 0 Å². The quantitative estimate of drug-likeness (QED) is 0.762. The molecule has 3 nitrogen and oxygen atoms in total. The Morgan fingerprint density at radius 3 is 2.52 bits per heavy atom. The van der Waals surface area contributed by atoms with Crippen molar-refractivity contribution in [2.75, 3.05) is 14.2 Å². The molecule has 0 aromatic heterocycles. The molecule has 0 saturated carbocycles. The van der Waals surface area contributed by atoms with E-state index >= 15 is 0 Å². The molecule has 0 fully saturated rings. The summed E-state index contributed by atoms with van der Waals surface area (Å²) in [6.07, 6.45) is 0.143. The summed E-state index contributed by atoms with van der Waals surface area (Å²) in [4.78, 5) is 12.4. The van der Waals surface area contributed by atoms with Crippen LogP contribution in [0.3, 0.4) is 0 Å². The second-order valence-corrected chi connectivity index (χ2v) is 5.26. The van der Waals surface area contributed by atoms with Gasteiger partial charge in [0.15, 0.2) is 5.78 Å². The molecule has 0 bridgehead atoms. The van der Waals surface area contributed by atoms with Crippen LogP contribution in [0.5, 0.6) is 11.5 Å². The SMILES string of the molecule is COc1ccc(OC)c(C(=O)Cc2ccc(F)cc2Br)c1. The molecule has 0 N–H and O–H groups in total. The lowest BCUT2D eigenvalue weighted by atomic mass is 10.0. The third kappa shape index (κ3) is 3.61. The van der Waals surface area contributed by atoms with Crippen molar-refractivity contribution in [3.8, 4) is 11.5 Å². The van der Waals surface area contributed by atoms with E-state index in [9.17, 15) is 9.18 Å². The maximum atomic E-state index is 13.1. The van der Waals surface area contributed by atoms with Gasteiger partial charge in [0, 0.05) is 10.9 Å². The second-order valence-electron chi connectivity index (χ2n) is 4.40. The molecule has 2 rings (SSSR count). The normalized spacial score (nSPS) is 10.3. The van der Waals surface area contributed by atoms with Crippen molar-refractivity contribution in [1.82, 2.24) is 0 Å². The molecule has 5 heteroatoms. The summed E-state index contributed by atoms with van der Waals surface area (Å²) in [6, 6.07) is 9.30. The number of ketones is 1. The minimum absolute atomic E-state index is 0.127. The van der Waals surface area contributed by atoms with Gasteiger partial charge in [-0.15, -0.1) is 0 Å². The minimum atomic E-state index is -0.350. The molecule has 0 heterocycles. The van der Waals surface area contributed by atoms with E-state index in [-0.39, 0.29) is 18.0 Å². The number of rotatable bonds is 5. The first-order valence-electron chi connectivity index (χ1n) is 6.24. The van der Waals surface area contributed by atoms with Crippen LogP contribution in [0.1, 0.15) is 15.9 Å². The van der Waals surface area contributed by atoms with Crippen molar-refractivity contribution < 1.29 is 18.7 Å². The van der Waals surface area contributed by atoms with Crippen LogP contribution in [-0.4, -0.2) is 20.0 Å². The molecule has 21 heavy (non-hydrogen) atoms. The number of Topliss-reactive ketones (excluding diaryl/α,β-unsaturated/α-hetero) is 1. The average Bonchev–Trinajstić information content (AvgIpc) is 2.49. The second kappa shape index (κ2) is 6.72. The fraction of sp³-hybridized carbons (Fsp3) is 0.188. The van der Waals surface area contributed by atoms with Crippen molar-refractivity contribution in [2.24, 2.45) is 0 Å². The number of benzene rings is 2. The molecular formula is C16H14BrFO3. The van der Waals surface area contributed by atoms with Crippen molar-refractivity contribution >= 4 is 21.7 Å². The Labute approximate surface area is 130 Å². The molecule has 0 atom stereocenters. The third-order valence-electron chi connectivity index (χ3n) is 3.07. The topological polar surface area (TPSA) is 35.5 Å². The van der Waals surface area contributed by atoms with Crippen LogP contribution in [0.4, 0.5) is 4.39 Å². The van der Waals surface area contributed by atoms with Gasteiger partial charge in [0.25, 0.3) is 0 Å². The fourth-order valence-corrected chi connectivity index (χ4v) is 2.46. The summed E-state index contributed by atoms with van der Waals surface area (Å²) >= 11 is 3.26. The van der Waals surface area contributed by atoms with Crippen molar-refractivity contribution in [3.63, 3.8) is 0 Å². The summed E-state index contributed by atoms with van der Waals surface area (Å²) < 4.78 is 24.0. The van der Waals surface area contributed by atoms with Gasteiger partial charge in [-0.1, -0.05) is 22.0 Å². The van der Waals surface area contributed by atoms with Crippen LogP contribution in [0.25, 0.3) is 0 Å². The molecule has 0 spiro atoms. The molecule has 0 aliphatic rings. The summed E-state index contributed by atoms with van der Waals surface area (Å²) in [5.74, 6) is 0.589. The highest BCUT2D eigenvalue weighted by Crippen LogP contribution is 2.27. The first-order chi connectivity index (χ1) is 10.0. The molecule has 0 unspecified atom stereocenters. The van der Waals surface area contributed by atoms with Crippen molar-refractivity contribution in [2.45, 2.75) is 6.42 Å². The van der Waals surface area contributed by atoms with E-state index in [0.717, 1.165) is 0 Å². The molecule has 0 aliphatic carbocycles. The van der Waals surface area contributed by atoms with E-state index in [4.69, 9.17) is 9.47 Å². The Balaban J connectivity index is 2.31. The number of halogens is 2. The van der Waals surface area contributed by atoms with Crippen LogP contribution in [0.2, 0.25) is 0 Å². The molecule has 2 aromatic carbocycles. The molecular weight excluding hydrogens is 339 g/mol. The van der Waals surface area contributed by atoms with Gasteiger partial charge in [-0.25, -0.2) is 4.39 Å². The lowest BCUT2D eigenvalue weighted by Gasteiger charge is -2.10. The van der Waals surface area contributed by atoms with Crippen molar-refractivity contribution in [1.29, 1.82) is 0 Å². The van der Waals surface area contributed by atoms with Gasteiger partial charge in [0.1, 0.15) is 17.3 Å². The summed E-state index contributed by atoms with van der Waals surface area (Å²) in [5.41, 5.74) is 1.15. The van der Waals surface area contributed by atoms with E-state index < -0.39 is 0 Å². The zero-order valence-corrected chi connectivity index (χ0v) is 13.2. The van der Waals surface area contributed by atoms with Gasteiger partial charge >= 0.3 is 0 Å². The maximum Gasteiger partial charge on any atom is 0.171 e. The number of ether oxygens (including phenoxy) is 2. The highest BCUT2D eigenvalue weighted by Gasteiger charge is 2.15. The zero-order chi connectivity index (χ0) is 15.4. The average molecular weight is 353 g/mol. The van der Waals surface area contributed by atoms with Gasteiger partial charge in [0.2, 0.25) is 0 Å². The zero-order valence-electron chi connectivity index (χ0n) is 11.7. The van der Waals surface area contributed by atoms with Gasteiger partial charge in [-0.3, -0.25) is 4.79 Å². The number of carbonyl (C=O) groups excluding carboxylic acids is 1. The van der Waals surface area contributed by atoms with E-state index in [2.05, 4.69) is 15.9 Å². The summed E-state index contributed by atoms with van der Waals surface area (Å²) in [6.45, 7) is 0. The van der Waals surface area contributed by atoms with E-state index in [0.29, 0.717) is 27.1 Å². The van der Waals surface area contributed by atoms with Gasteiger partial charge < -0.3 is 9.47 Å². The molecule has 0 amide bonds. The monoisotopic (exact) mass is 352 g/mol. The van der Waals surface area contributed by atoms with E-state index in [1.54, 1.807) is 24.3 Å². The Bertz CT molecular complexity index is 671. The highest BCUT2D eigenvalue weighted by atomic mass is 79.9. The van der Waals surface area contributed by atoms with Crippen LogP contribution < -0.4 is 9.47 Å². The fourth-order valence-electron chi connectivity index (χ4n) is 1.97. The van der Waals surface area contributed by atoms with Crippen LogP contribution in [-0.2, 0) is 6.42 Å². The predicted octanol–water partition coefficient (Wildman–Crippen LogP) is 4.03. The maximum absolute atomic E-state index is 13.1.